The molecule has 0 saturated carbocycles. The second-order valence-corrected chi connectivity index (χ2v) is 6.67. The summed E-state index contributed by atoms with van der Waals surface area (Å²) in [6.45, 7) is 2.35. The molecule has 0 fully saturated rings. The third kappa shape index (κ3) is 7.29. The number of ether oxygens (including phenoxy) is 1. The molecule has 0 aliphatic rings. The predicted octanol–water partition coefficient (Wildman–Crippen LogP) is 3.73. The summed E-state index contributed by atoms with van der Waals surface area (Å²) in [5.41, 5.74) is 2.22. The molecule has 1 aromatic heterocycles. The van der Waals surface area contributed by atoms with Gasteiger partial charge in [-0.25, -0.2) is 14.2 Å². The minimum Gasteiger partial charge on any atom is -0.494 e. The summed E-state index contributed by atoms with van der Waals surface area (Å²) in [4.78, 5) is 15.9. The molecule has 7 heteroatoms. The van der Waals surface area contributed by atoms with Crippen molar-refractivity contribution >= 4 is 6.03 Å². The molecule has 0 saturated heterocycles. The van der Waals surface area contributed by atoms with Gasteiger partial charge in [0.2, 0.25) is 0 Å². The minimum atomic E-state index is -0.280. The van der Waals surface area contributed by atoms with Gasteiger partial charge < -0.3 is 19.9 Å². The molecule has 2 aromatic carbocycles. The Morgan fingerprint density at radius 1 is 1.00 bits per heavy atom. The van der Waals surface area contributed by atoms with E-state index in [0.29, 0.717) is 25.4 Å². The van der Waals surface area contributed by atoms with Crippen molar-refractivity contribution < 1.29 is 13.9 Å². The van der Waals surface area contributed by atoms with E-state index < -0.39 is 0 Å². The molecule has 29 heavy (non-hydrogen) atoms. The van der Waals surface area contributed by atoms with E-state index in [1.54, 1.807) is 24.7 Å². The third-order valence-electron chi connectivity index (χ3n) is 4.34. The summed E-state index contributed by atoms with van der Waals surface area (Å²) in [5, 5.41) is 5.69. The Morgan fingerprint density at radius 2 is 1.76 bits per heavy atom. The van der Waals surface area contributed by atoms with Crippen LogP contribution in [-0.2, 0) is 13.1 Å². The number of hydrogen-bond acceptors (Lipinski definition) is 3. The van der Waals surface area contributed by atoms with E-state index in [1.807, 2.05) is 22.9 Å². The number of halogens is 1. The van der Waals surface area contributed by atoms with Gasteiger partial charge in [-0.15, -0.1) is 0 Å². The fraction of sp³-hybridized carbons (Fsp3) is 0.273. The van der Waals surface area contributed by atoms with Crippen LogP contribution in [0.5, 0.6) is 5.75 Å². The molecule has 0 atom stereocenters. The normalized spacial score (nSPS) is 10.5. The molecule has 3 rings (SSSR count). The monoisotopic (exact) mass is 396 g/mol. The van der Waals surface area contributed by atoms with Crippen LogP contribution in [0.25, 0.3) is 0 Å². The van der Waals surface area contributed by atoms with Gasteiger partial charge in [-0.3, -0.25) is 0 Å². The summed E-state index contributed by atoms with van der Waals surface area (Å²) in [6.07, 6.45) is 7.08. The largest absolute Gasteiger partial charge is 0.494 e. The average molecular weight is 396 g/mol. The first-order chi connectivity index (χ1) is 14.2. The van der Waals surface area contributed by atoms with E-state index in [0.717, 1.165) is 24.9 Å². The number of carbonyl (C=O) groups excluding carboxylic acids is 1. The van der Waals surface area contributed by atoms with E-state index in [-0.39, 0.29) is 11.8 Å². The zero-order chi connectivity index (χ0) is 20.3. The van der Waals surface area contributed by atoms with E-state index in [2.05, 4.69) is 27.8 Å². The molecule has 2 amide bonds. The van der Waals surface area contributed by atoms with Gasteiger partial charge in [0.1, 0.15) is 11.6 Å². The number of benzene rings is 2. The Morgan fingerprint density at radius 3 is 2.48 bits per heavy atom. The van der Waals surface area contributed by atoms with Crippen molar-refractivity contribution in [1.82, 2.24) is 20.2 Å². The van der Waals surface area contributed by atoms with Gasteiger partial charge in [0.25, 0.3) is 0 Å². The smallest absolute Gasteiger partial charge is 0.315 e. The Labute approximate surface area is 169 Å². The lowest BCUT2D eigenvalue weighted by atomic mass is 10.1. The second kappa shape index (κ2) is 10.8. The number of imidazole rings is 1. The van der Waals surface area contributed by atoms with Crippen LogP contribution in [0.1, 0.15) is 24.0 Å². The van der Waals surface area contributed by atoms with Gasteiger partial charge >= 0.3 is 6.03 Å². The lowest BCUT2D eigenvalue weighted by molar-refractivity contribution is 0.239. The van der Waals surface area contributed by atoms with Crippen LogP contribution >= 0.6 is 0 Å². The van der Waals surface area contributed by atoms with Gasteiger partial charge in [-0.1, -0.05) is 24.3 Å². The summed E-state index contributed by atoms with van der Waals surface area (Å²) >= 11 is 0. The molecule has 3 aromatic rings. The summed E-state index contributed by atoms with van der Waals surface area (Å²) in [7, 11) is 0. The molecule has 152 valence electrons. The van der Waals surface area contributed by atoms with Crippen molar-refractivity contribution in [2.45, 2.75) is 25.9 Å². The van der Waals surface area contributed by atoms with Crippen molar-refractivity contribution in [3.05, 3.63) is 84.2 Å². The molecule has 0 aliphatic carbocycles. The van der Waals surface area contributed by atoms with Crippen LogP contribution < -0.4 is 15.4 Å². The van der Waals surface area contributed by atoms with E-state index >= 15 is 0 Å². The topological polar surface area (TPSA) is 68.2 Å². The van der Waals surface area contributed by atoms with Crippen LogP contribution in [0.15, 0.2) is 67.3 Å². The third-order valence-corrected chi connectivity index (χ3v) is 4.34. The van der Waals surface area contributed by atoms with Crippen molar-refractivity contribution in [2.75, 3.05) is 13.2 Å². The second-order valence-electron chi connectivity index (χ2n) is 6.67. The highest BCUT2D eigenvalue weighted by atomic mass is 19.1. The average Bonchev–Trinajstić information content (AvgIpc) is 3.24. The van der Waals surface area contributed by atoms with E-state index in [1.165, 1.54) is 17.7 Å². The molecular weight excluding hydrogens is 371 g/mol. The molecule has 2 N–H and O–H groups in total. The number of carbonyl (C=O) groups is 1. The number of hydrogen-bond donors (Lipinski definition) is 2. The van der Waals surface area contributed by atoms with Crippen molar-refractivity contribution in [3.8, 4) is 5.75 Å². The van der Waals surface area contributed by atoms with Crippen LogP contribution in [-0.4, -0.2) is 28.7 Å². The predicted molar refractivity (Wildman–Crippen MR) is 109 cm³/mol. The van der Waals surface area contributed by atoms with Crippen molar-refractivity contribution in [1.29, 1.82) is 0 Å². The van der Waals surface area contributed by atoms with Crippen LogP contribution in [0.4, 0.5) is 9.18 Å². The lowest BCUT2D eigenvalue weighted by Crippen LogP contribution is -2.35. The maximum Gasteiger partial charge on any atom is 0.315 e. The van der Waals surface area contributed by atoms with E-state index in [4.69, 9.17) is 4.74 Å². The zero-order valence-corrected chi connectivity index (χ0v) is 16.2. The molecule has 1 heterocycles. The number of nitrogens with zero attached hydrogens (tertiary/aromatic N) is 2. The summed E-state index contributed by atoms with van der Waals surface area (Å²) < 4.78 is 20.3. The first-order valence-electron chi connectivity index (χ1n) is 9.63. The van der Waals surface area contributed by atoms with Crippen LogP contribution in [0.3, 0.4) is 0 Å². The number of amides is 2. The van der Waals surface area contributed by atoms with Crippen molar-refractivity contribution in [3.63, 3.8) is 0 Å². The molecule has 0 unspecified atom stereocenters. The van der Waals surface area contributed by atoms with Gasteiger partial charge in [0.15, 0.2) is 0 Å². The lowest BCUT2D eigenvalue weighted by Gasteiger charge is -2.09. The fourth-order valence-corrected chi connectivity index (χ4v) is 2.75. The van der Waals surface area contributed by atoms with Gasteiger partial charge in [0.05, 0.1) is 12.9 Å². The Balaban J connectivity index is 1.25. The minimum absolute atomic E-state index is 0.188. The number of nitrogens with one attached hydrogen (secondary N) is 2. The first-order valence-corrected chi connectivity index (χ1v) is 9.63. The molecule has 0 radical (unpaired) electrons. The highest BCUT2D eigenvalue weighted by molar-refractivity contribution is 5.73. The Hall–Kier alpha value is -3.35. The summed E-state index contributed by atoms with van der Waals surface area (Å²) in [6, 6.07) is 13.9. The molecule has 6 nitrogen and oxygen atoms in total. The maximum absolute atomic E-state index is 12.8. The van der Waals surface area contributed by atoms with Crippen LogP contribution in [0, 0.1) is 5.82 Å². The highest BCUT2D eigenvalue weighted by Gasteiger charge is 2.01. The standard InChI is InChI=1S/C22H25FN4O2/c23-20-7-9-21(10-8-20)29-14-2-1-11-25-22(28)26-15-18-3-5-19(6-4-18)16-27-13-12-24-17-27/h3-10,12-13,17H,1-2,11,14-16H2,(H2,25,26,28). The number of unbranched alkanes of at least 4 members (excludes halogenated alkanes) is 1. The number of aromatic nitrogens is 2. The molecular formula is C22H25FN4O2. The maximum atomic E-state index is 12.8. The molecule has 0 spiro atoms. The first kappa shape index (κ1) is 20.4. The molecule has 0 bridgehead atoms. The number of rotatable bonds is 10. The quantitative estimate of drug-likeness (QED) is 0.513. The Bertz CT molecular complexity index is 865. The van der Waals surface area contributed by atoms with Gasteiger partial charge in [0, 0.05) is 32.0 Å². The number of urea groups is 1. The van der Waals surface area contributed by atoms with Gasteiger partial charge in [-0.2, -0.15) is 0 Å². The highest BCUT2D eigenvalue weighted by Crippen LogP contribution is 2.11. The Kier molecular flexibility index (Phi) is 7.63. The summed E-state index contributed by atoms with van der Waals surface area (Å²) in [5.74, 6) is 0.367. The fourth-order valence-electron chi connectivity index (χ4n) is 2.75. The van der Waals surface area contributed by atoms with Crippen molar-refractivity contribution in [2.24, 2.45) is 0 Å². The van der Waals surface area contributed by atoms with Gasteiger partial charge in [-0.05, 0) is 48.2 Å². The zero-order valence-electron chi connectivity index (χ0n) is 16.2. The molecule has 0 aliphatic heterocycles. The SMILES string of the molecule is O=C(NCCCCOc1ccc(F)cc1)NCc1ccc(Cn2ccnc2)cc1. The van der Waals surface area contributed by atoms with Crippen LogP contribution in [0.2, 0.25) is 0 Å². The van der Waals surface area contributed by atoms with E-state index in [9.17, 15) is 9.18 Å².